The maximum atomic E-state index is 5.92. The molecule has 3 nitrogen and oxygen atoms in total. The van der Waals surface area contributed by atoms with Crippen molar-refractivity contribution in [2.45, 2.75) is 63.1 Å². The number of rotatable bonds is 2. The number of hydrogen-bond donors (Lipinski definition) is 3. The minimum absolute atomic E-state index is 0.471. The Morgan fingerprint density at radius 1 is 0.867 bits per heavy atom. The molecule has 0 spiro atoms. The summed E-state index contributed by atoms with van der Waals surface area (Å²) in [5.74, 6) is 0. The normalized spacial score (nSPS) is 38.6. The van der Waals surface area contributed by atoms with Crippen molar-refractivity contribution in [1.82, 2.24) is 10.6 Å². The smallest absolute Gasteiger partial charge is 0.00822 e. The van der Waals surface area contributed by atoms with Crippen LogP contribution in [0, 0.1) is 0 Å². The van der Waals surface area contributed by atoms with Gasteiger partial charge in [-0.3, -0.25) is 0 Å². The maximum Gasteiger partial charge on any atom is 0.00822 e. The Kier molecular flexibility index (Phi) is 4.42. The van der Waals surface area contributed by atoms with Gasteiger partial charge in [0.2, 0.25) is 0 Å². The summed E-state index contributed by atoms with van der Waals surface area (Å²) in [5.41, 5.74) is 5.92. The number of hydrogen-bond acceptors (Lipinski definition) is 3. The van der Waals surface area contributed by atoms with Crippen molar-refractivity contribution >= 4 is 0 Å². The molecule has 0 radical (unpaired) electrons. The molecule has 0 aromatic heterocycles. The second-order valence-electron chi connectivity index (χ2n) is 5.16. The first-order valence-corrected chi connectivity index (χ1v) is 6.57. The van der Waals surface area contributed by atoms with Gasteiger partial charge in [-0.2, -0.15) is 0 Å². The highest BCUT2D eigenvalue weighted by molar-refractivity contribution is 4.83. The Morgan fingerprint density at radius 2 is 1.60 bits per heavy atom. The molecular formula is C12H25N3. The van der Waals surface area contributed by atoms with Crippen molar-refractivity contribution < 1.29 is 0 Å². The maximum absolute atomic E-state index is 5.92. The van der Waals surface area contributed by atoms with Crippen LogP contribution in [0.5, 0.6) is 0 Å². The van der Waals surface area contributed by atoms with Crippen molar-refractivity contribution in [3.8, 4) is 0 Å². The molecule has 0 aromatic carbocycles. The molecular weight excluding hydrogens is 186 g/mol. The highest BCUT2D eigenvalue weighted by atomic mass is 15.0. The quantitative estimate of drug-likeness (QED) is 0.638. The summed E-state index contributed by atoms with van der Waals surface area (Å²) < 4.78 is 0. The largest absolute Gasteiger partial charge is 0.328 e. The second kappa shape index (κ2) is 5.83. The van der Waals surface area contributed by atoms with Crippen LogP contribution in [0.15, 0.2) is 0 Å². The van der Waals surface area contributed by atoms with Crippen LogP contribution in [-0.4, -0.2) is 31.2 Å². The zero-order valence-corrected chi connectivity index (χ0v) is 9.67. The third kappa shape index (κ3) is 3.74. The molecule has 1 saturated heterocycles. The van der Waals surface area contributed by atoms with Crippen molar-refractivity contribution in [3.05, 3.63) is 0 Å². The third-order valence-electron chi connectivity index (χ3n) is 3.82. The summed E-state index contributed by atoms with van der Waals surface area (Å²) in [5, 5.41) is 7.28. The van der Waals surface area contributed by atoms with Gasteiger partial charge in [-0.1, -0.05) is 0 Å². The van der Waals surface area contributed by atoms with Crippen LogP contribution in [0.25, 0.3) is 0 Å². The van der Waals surface area contributed by atoms with E-state index in [1.807, 2.05) is 0 Å². The predicted octanol–water partition coefficient (Wildman–Crippen LogP) is 0.988. The minimum atomic E-state index is 0.471. The molecule has 2 rings (SSSR count). The SMILES string of the molecule is NC1CCC(NC2CCCNCC2)CC1. The first kappa shape index (κ1) is 11.4. The Labute approximate surface area is 93.2 Å². The Balaban J connectivity index is 1.70. The molecule has 2 aliphatic rings. The van der Waals surface area contributed by atoms with Crippen molar-refractivity contribution in [3.63, 3.8) is 0 Å². The van der Waals surface area contributed by atoms with Gasteiger partial charge in [0.25, 0.3) is 0 Å². The first-order chi connectivity index (χ1) is 7.34. The zero-order chi connectivity index (χ0) is 10.5. The molecule has 1 atom stereocenters. The molecule has 1 heterocycles. The van der Waals surface area contributed by atoms with E-state index in [0.29, 0.717) is 6.04 Å². The van der Waals surface area contributed by atoms with Crippen LogP contribution in [0.1, 0.15) is 44.9 Å². The number of nitrogens with one attached hydrogen (secondary N) is 2. The van der Waals surface area contributed by atoms with E-state index < -0.39 is 0 Å². The van der Waals surface area contributed by atoms with E-state index >= 15 is 0 Å². The molecule has 1 unspecified atom stereocenters. The van der Waals surface area contributed by atoms with E-state index in [-0.39, 0.29) is 0 Å². The molecule has 0 amide bonds. The van der Waals surface area contributed by atoms with E-state index in [0.717, 1.165) is 12.1 Å². The van der Waals surface area contributed by atoms with Gasteiger partial charge in [-0.15, -0.1) is 0 Å². The topological polar surface area (TPSA) is 50.1 Å². The summed E-state index contributed by atoms with van der Waals surface area (Å²) in [6, 6.07) is 1.96. The van der Waals surface area contributed by atoms with E-state index in [4.69, 9.17) is 5.73 Å². The second-order valence-corrected chi connectivity index (χ2v) is 5.16. The average Bonchev–Trinajstić information content (AvgIpc) is 2.50. The van der Waals surface area contributed by atoms with E-state index in [1.165, 1.54) is 58.0 Å². The molecule has 88 valence electrons. The number of nitrogens with two attached hydrogens (primary N) is 1. The Morgan fingerprint density at radius 3 is 2.40 bits per heavy atom. The lowest BCUT2D eigenvalue weighted by Crippen LogP contribution is -2.42. The van der Waals surface area contributed by atoms with Crippen LogP contribution in [0.3, 0.4) is 0 Å². The lowest BCUT2D eigenvalue weighted by molar-refractivity contribution is 0.304. The van der Waals surface area contributed by atoms with Crippen molar-refractivity contribution in [2.24, 2.45) is 5.73 Å². The van der Waals surface area contributed by atoms with Gasteiger partial charge in [-0.05, 0) is 58.0 Å². The van der Waals surface area contributed by atoms with Gasteiger partial charge in [0.05, 0.1) is 0 Å². The molecule has 1 aliphatic carbocycles. The molecule has 0 bridgehead atoms. The molecule has 0 aromatic rings. The van der Waals surface area contributed by atoms with Crippen LogP contribution in [0.4, 0.5) is 0 Å². The van der Waals surface area contributed by atoms with Crippen LogP contribution in [-0.2, 0) is 0 Å². The van der Waals surface area contributed by atoms with Gasteiger partial charge in [0.15, 0.2) is 0 Å². The minimum Gasteiger partial charge on any atom is -0.328 e. The van der Waals surface area contributed by atoms with Crippen LogP contribution < -0.4 is 16.4 Å². The summed E-state index contributed by atoms with van der Waals surface area (Å²) in [4.78, 5) is 0. The van der Waals surface area contributed by atoms with E-state index in [1.54, 1.807) is 0 Å². The summed E-state index contributed by atoms with van der Waals surface area (Å²) in [6.45, 7) is 2.39. The average molecular weight is 211 g/mol. The molecule has 15 heavy (non-hydrogen) atoms. The van der Waals surface area contributed by atoms with E-state index in [9.17, 15) is 0 Å². The summed E-state index contributed by atoms with van der Waals surface area (Å²) in [7, 11) is 0. The van der Waals surface area contributed by atoms with Crippen LogP contribution >= 0.6 is 0 Å². The molecule has 3 heteroatoms. The van der Waals surface area contributed by atoms with Gasteiger partial charge in [0, 0.05) is 18.1 Å². The molecule has 2 fully saturated rings. The molecule has 1 saturated carbocycles. The fourth-order valence-electron chi connectivity index (χ4n) is 2.80. The summed E-state index contributed by atoms with van der Waals surface area (Å²) in [6.07, 6.45) is 8.95. The van der Waals surface area contributed by atoms with E-state index in [2.05, 4.69) is 10.6 Å². The fourth-order valence-corrected chi connectivity index (χ4v) is 2.80. The third-order valence-corrected chi connectivity index (χ3v) is 3.82. The highest BCUT2D eigenvalue weighted by Crippen LogP contribution is 2.18. The summed E-state index contributed by atoms with van der Waals surface area (Å²) >= 11 is 0. The lowest BCUT2D eigenvalue weighted by atomic mass is 9.91. The molecule has 4 N–H and O–H groups in total. The van der Waals surface area contributed by atoms with Gasteiger partial charge >= 0.3 is 0 Å². The Hall–Kier alpha value is -0.120. The molecule has 1 aliphatic heterocycles. The van der Waals surface area contributed by atoms with Gasteiger partial charge in [0.1, 0.15) is 0 Å². The Bertz CT molecular complexity index is 168. The van der Waals surface area contributed by atoms with Crippen LogP contribution in [0.2, 0.25) is 0 Å². The van der Waals surface area contributed by atoms with Crippen molar-refractivity contribution in [1.29, 1.82) is 0 Å². The van der Waals surface area contributed by atoms with Gasteiger partial charge < -0.3 is 16.4 Å². The monoisotopic (exact) mass is 211 g/mol. The van der Waals surface area contributed by atoms with Gasteiger partial charge in [-0.25, -0.2) is 0 Å². The van der Waals surface area contributed by atoms with Crippen molar-refractivity contribution in [2.75, 3.05) is 13.1 Å². The first-order valence-electron chi connectivity index (χ1n) is 6.57. The highest BCUT2D eigenvalue weighted by Gasteiger charge is 2.21. The zero-order valence-electron chi connectivity index (χ0n) is 9.67. The lowest BCUT2D eigenvalue weighted by Gasteiger charge is -2.30. The standard InChI is InChI=1S/C12H25N3/c13-10-3-5-12(6-4-10)15-11-2-1-8-14-9-7-11/h10-12,14-15H,1-9,13H2. The fraction of sp³-hybridized carbons (Fsp3) is 1.00. The predicted molar refractivity (Wildman–Crippen MR) is 63.9 cm³/mol.